The number of nitrogens with one attached hydrogen (secondary N) is 1. The lowest BCUT2D eigenvalue weighted by Gasteiger charge is -2.47. The van der Waals surface area contributed by atoms with E-state index in [0.29, 0.717) is 24.6 Å². The molecule has 2 aliphatic rings. The van der Waals surface area contributed by atoms with Crippen LogP contribution < -0.4 is 5.32 Å². The van der Waals surface area contributed by atoms with Crippen molar-refractivity contribution in [2.75, 3.05) is 6.61 Å². The Balaban J connectivity index is 1.51. The van der Waals surface area contributed by atoms with Gasteiger partial charge >= 0.3 is 0 Å². The fourth-order valence-electron chi connectivity index (χ4n) is 2.85. The van der Waals surface area contributed by atoms with E-state index in [1.54, 1.807) is 4.80 Å². The molecule has 1 aliphatic carbocycles. The molecule has 0 radical (unpaired) electrons. The van der Waals surface area contributed by atoms with E-state index in [0.717, 1.165) is 18.9 Å². The maximum absolute atomic E-state index is 5.72. The van der Waals surface area contributed by atoms with Gasteiger partial charge in [0.25, 0.3) is 0 Å². The molecule has 6 nitrogen and oxygen atoms in total. The summed E-state index contributed by atoms with van der Waals surface area (Å²) >= 11 is 0. The van der Waals surface area contributed by atoms with Crippen molar-refractivity contribution in [2.45, 2.75) is 64.3 Å². The molecule has 1 aromatic rings. The number of hydrogen-bond acceptors (Lipinski definition) is 5. The monoisotopic (exact) mass is 265 g/mol. The average molecular weight is 265 g/mol. The van der Waals surface area contributed by atoms with Crippen molar-refractivity contribution in [1.82, 2.24) is 25.5 Å². The van der Waals surface area contributed by atoms with Crippen molar-refractivity contribution in [3.8, 4) is 0 Å². The van der Waals surface area contributed by atoms with Crippen molar-refractivity contribution >= 4 is 0 Å². The van der Waals surface area contributed by atoms with E-state index >= 15 is 0 Å². The number of tetrazole rings is 1. The Morgan fingerprint density at radius 1 is 1.42 bits per heavy atom. The third kappa shape index (κ3) is 2.65. The number of hydrogen-bond donors (Lipinski definition) is 1. The SMILES string of the molecule is CC(C)(C)n1nnc(CNC2CC3OCCCC23)n1. The lowest BCUT2D eigenvalue weighted by Crippen LogP contribution is -2.56. The van der Waals surface area contributed by atoms with E-state index in [4.69, 9.17) is 4.74 Å². The highest BCUT2D eigenvalue weighted by Gasteiger charge is 2.42. The van der Waals surface area contributed by atoms with Crippen LogP contribution in [0.25, 0.3) is 0 Å². The molecular weight excluding hydrogens is 242 g/mol. The zero-order valence-electron chi connectivity index (χ0n) is 12.0. The standard InChI is InChI=1S/C13H23N5O/c1-13(2,3)18-16-12(15-17-18)8-14-10-7-11-9(10)5-4-6-19-11/h9-11,14H,4-8H2,1-3H3. The molecule has 0 bridgehead atoms. The highest BCUT2D eigenvalue weighted by molar-refractivity contribution is 4.97. The minimum Gasteiger partial charge on any atom is -0.378 e. The first-order chi connectivity index (χ1) is 9.04. The summed E-state index contributed by atoms with van der Waals surface area (Å²) in [5.41, 5.74) is -0.107. The van der Waals surface area contributed by atoms with Gasteiger partial charge < -0.3 is 10.1 Å². The normalized spacial score (nSPS) is 30.8. The summed E-state index contributed by atoms with van der Waals surface area (Å²) in [4.78, 5) is 1.68. The Hall–Kier alpha value is -1.01. The molecule has 1 aliphatic heterocycles. The molecule has 3 unspecified atom stereocenters. The van der Waals surface area contributed by atoms with Crippen molar-refractivity contribution in [2.24, 2.45) is 5.92 Å². The zero-order valence-corrected chi connectivity index (χ0v) is 12.0. The van der Waals surface area contributed by atoms with E-state index in [9.17, 15) is 0 Å². The smallest absolute Gasteiger partial charge is 0.188 e. The van der Waals surface area contributed by atoms with Crippen LogP contribution in [0.15, 0.2) is 0 Å². The third-order valence-electron chi connectivity index (χ3n) is 4.07. The Morgan fingerprint density at radius 3 is 2.95 bits per heavy atom. The number of fused-ring (bicyclic) bond motifs is 1. The average Bonchev–Trinajstić information content (AvgIpc) is 2.79. The first-order valence-electron chi connectivity index (χ1n) is 7.18. The van der Waals surface area contributed by atoms with Gasteiger partial charge in [-0.1, -0.05) is 0 Å². The number of nitrogens with zero attached hydrogens (tertiary/aromatic N) is 4. The van der Waals surface area contributed by atoms with Crippen LogP contribution in [0, 0.1) is 5.92 Å². The van der Waals surface area contributed by atoms with Crippen molar-refractivity contribution in [1.29, 1.82) is 0 Å². The van der Waals surface area contributed by atoms with Gasteiger partial charge in [-0.3, -0.25) is 0 Å². The lowest BCUT2D eigenvalue weighted by molar-refractivity contribution is -0.103. The number of rotatable bonds is 3. The minimum absolute atomic E-state index is 0.107. The van der Waals surface area contributed by atoms with Gasteiger partial charge in [0.2, 0.25) is 0 Å². The number of ether oxygens (including phenoxy) is 1. The molecule has 0 spiro atoms. The van der Waals surface area contributed by atoms with Crippen LogP contribution in [0.5, 0.6) is 0 Å². The molecule has 3 rings (SSSR count). The van der Waals surface area contributed by atoms with Crippen LogP contribution in [0.1, 0.15) is 45.9 Å². The second-order valence-corrected chi connectivity index (χ2v) is 6.60. The van der Waals surface area contributed by atoms with Crippen LogP contribution in [-0.2, 0) is 16.8 Å². The van der Waals surface area contributed by atoms with Crippen molar-refractivity contribution in [3.05, 3.63) is 5.82 Å². The molecule has 19 heavy (non-hydrogen) atoms. The molecule has 6 heteroatoms. The fraction of sp³-hybridized carbons (Fsp3) is 0.923. The predicted octanol–water partition coefficient (Wildman–Crippen LogP) is 1.09. The van der Waals surface area contributed by atoms with E-state index in [-0.39, 0.29) is 5.54 Å². The Labute approximate surface area is 113 Å². The molecule has 0 amide bonds. The van der Waals surface area contributed by atoms with Crippen molar-refractivity contribution < 1.29 is 4.74 Å². The van der Waals surface area contributed by atoms with Crippen LogP contribution in [0.2, 0.25) is 0 Å². The number of aromatic nitrogens is 4. The van der Waals surface area contributed by atoms with Gasteiger partial charge in [0.1, 0.15) is 0 Å². The predicted molar refractivity (Wildman–Crippen MR) is 70.5 cm³/mol. The molecule has 1 saturated heterocycles. The minimum atomic E-state index is -0.107. The molecule has 1 aromatic heterocycles. The maximum Gasteiger partial charge on any atom is 0.188 e. The van der Waals surface area contributed by atoms with E-state index < -0.39 is 0 Å². The van der Waals surface area contributed by atoms with Gasteiger partial charge in [-0.15, -0.1) is 10.2 Å². The van der Waals surface area contributed by atoms with Crippen LogP contribution in [0.4, 0.5) is 0 Å². The summed E-state index contributed by atoms with van der Waals surface area (Å²) in [6.07, 6.45) is 4.09. The molecule has 0 aromatic carbocycles. The zero-order chi connectivity index (χ0) is 13.5. The second-order valence-electron chi connectivity index (χ2n) is 6.60. The first-order valence-corrected chi connectivity index (χ1v) is 7.18. The fourth-order valence-corrected chi connectivity index (χ4v) is 2.85. The first kappa shape index (κ1) is 13.0. The molecule has 3 atom stereocenters. The summed E-state index contributed by atoms with van der Waals surface area (Å²) in [5.74, 6) is 1.46. The molecule has 1 N–H and O–H groups in total. The van der Waals surface area contributed by atoms with Gasteiger partial charge in [-0.2, -0.15) is 4.80 Å². The third-order valence-corrected chi connectivity index (χ3v) is 4.07. The summed E-state index contributed by atoms with van der Waals surface area (Å²) in [6.45, 7) is 7.85. The summed E-state index contributed by atoms with van der Waals surface area (Å²) in [6, 6.07) is 0.562. The van der Waals surface area contributed by atoms with E-state index in [2.05, 4.69) is 41.5 Å². The van der Waals surface area contributed by atoms with Crippen LogP contribution in [0.3, 0.4) is 0 Å². The van der Waals surface area contributed by atoms with Crippen LogP contribution >= 0.6 is 0 Å². The summed E-state index contributed by atoms with van der Waals surface area (Å²) < 4.78 is 5.72. The Morgan fingerprint density at radius 2 is 2.26 bits per heavy atom. The highest BCUT2D eigenvalue weighted by Crippen LogP contribution is 2.37. The largest absolute Gasteiger partial charge is 0.378 e. The molecule has 2 fully saturated rings. The second kappa shape index (κ2) is 4.83. The molecular formula is C13H23N5O. The van der Waals surface area contributed by atoms with E-state index in [1.807, 2.05) is 0 Å². The van der Waals surface area contributed by atoms with Gasteiger partial charge in [-0.25, -0.2) is 0 Å². The maximum atomic E-state index is 5.72. The quantitative estimate of drug-likeness (QED) is 0.886. The highest BCUT2D eigenvalue weighted by atomic mass is 16.5. The Kier molecular flexibility index (Phi) is 3.30. The van der Waals surface area contributed by atoms with Gasteiger partial charge in [0.05, 0.1) is 18.2 Å². The van der Waals surface area contributed by atoms with Gasteiger partial charge in [0, 0.05) is 18.6 Å². The summed E-state index contributed by atoms with van der Waals surface area (Å²) in [7, 11) is 0. The topological polar surface area (TPSA) is 64.9 Å². The van der Waals surface area contributed by atoms with Gasteiger partial charge in [0.15, 0.2) is 5.82 Å². The van der Waals surface area contributed by atoms with Crippen LogP contribution in [-0.4, -0.2) is 39.0 Å². The van der Waals surface area contributed by atoms with E-state index in [1.165, 1.54) is 12.8 Å². The van der Waals surface area contributed by atoms with Gasteiger partial charge in [-0.05, 0) is 45.2 Å². The lowest BCUT2D eigenvalue weighted by atomic mass is 9.72. The Bertz CT molecular complexity index is 438. The summed E-state index contributed by atoms with van der Waals surface area (Å²) in [5, 5.41) is 16.2. The molecule has 106 valence electrons. The molecule has 2 heterocycles. The van der Waals surface area contributed by atoms with Crippen molar-refractivity contribution in [3.63, 3.8) is 0 Å². The molecule has 1 saturated carbocycles.